The van der Waals surface area contributed by atoms with Crippen molar-refractivity contribution >= 4 is 11.8 Å². The number of carboxylic acids is 1. The number of aryl methyl sites for hydroxylation is 2. The average Bonchev–Trinajstić information content (AvgIpc) is 2.92. The molecule has 1 atom stereocenters. The highest BCUT2D eigenvalue weighted by atomic mass is 16.4. The van der Waals surface area contributed by atoms with Gasteiger partial charge in [-0.3, -0.25) is 4.79 Å². The predicted octanol–water partition coefficient (Wildman–Crippen LogP) is 1.77. The van der Waals surface area contributed by atoms with Crippen molar-refractivity contribution in [2.75, 3.05) is 24.5 Å². The van der Waals surface area contributed by atoms with Crippen molar-refractivity contribution in [1.29, 1.82) is 0 Å². The van der Waals surface area contributed by atoms with E-state index in [1.54, 1.807) is 0 Å². The summed E-state index contributed by atoms with van der Waals surface area (Å²) in [4.78, 5) is 22.6. The normalized spacial score (nSPS) is 23.4. The van der Waals surface area contributed by atoms with Gasteiger partial charge in [-0.25, -0.2) is 9.97 Å². The molecule has 0 radical (unpaired) electrons. The van der Waals surface area contributed by atoms with Crippen LogP contribution in [0, 0.1) is 12.3 Å². The average molecular weight is 318 g/mol. The molecular formula is C17H26N4O2. The maximum atomic E-state index is 11.2. The molecule has 1 spiro atoms. The molecule has 3 rings (SSSR count). The maximum Gasteiger partial charge on any atom is 0.320 e. The van der Waals surface area contributed by atoms with Gasteiger partial charge in [-0.15, -0.1) is 0 Å². The zero-order chi connectivity index (χ0) is 16.4. The first-order valence-electron chi connectivity index (χ1n) is 8.57. The summed E-state index contributed by atoms with van der Waals surface area (Å²) in [6.07, 6.45) is 4.87. The van der Waals surface area contributed by atoms with Crippen molar-refractivity contribution < 1.29 is 9.90 Å². The molecule has 2 aliphatic heterocycles. The van der Waals surface area contributed by atoms with Crippen molar-refractivity contribution in [3.63, 3.8) is 0 Å². The fraction of sp³-hybridized carbons (Fsp3) is 0.706. The van der Waals surface area contributed by atoms with E-state index in [1.165, 1.54) is 0 Å². The van der Waals surface area contributed by atoms with Crippen molar-refractivity contribution in [2.24, 2.45) is 5.41 Å². The molecular weight excluding hydrogens is 292 g/mol. The van der Waals surface area contributed by atoms with Gasteiger partial charge >= 0.3 is 5.97 Å². The van der Waals surface area contributed by atoms with E-state index in [0.29, 0.717) is 0 Å². The zero-order valence-corrected chi connectivity index (χ0v) is 14.0. The Kier molecular flexibility index (Phi) is 4.53. The highest BCUT2D eigenvalue weighted by Gasteiger charge is 2.43. The third-order valence-corrected chi connectivity index (χ3v) is 5.19. The number of nitrogens with one attached hydrogen (secondary N) is 1. The molecule has 0 aromatic carbocycles. The van der Waals surface area contributed by atoms with Gasteiger partial charge in [0.15, 0.2) is 0 Å². The molecule has 6 nitrogen and oxygen atoms in total. The number of nitrogens with zero attached hydrogens (tertiary/aromatic N) is 3. The van der Waals surface area contributed by atoms with E-state index in [1.807, 2.05) is 6.92 Å². The molecule has 1 aromatic rings. The number of piperidine rings is 1. The van der Waals surface area contributed by atoms with Gasteiger partial charge in [0.2, 0.25) is 0 Å². The molecule has 1 unspecified atom stereocenters. The van der Waals surface area contributed by atoms with Crippen molar-refractivity contribution in [1.82, 2.24) is 15.3 Å². The number of aromatic nitrogens is 2. The Morgan fingerprint density at radius 1 is 1.43 bits per heavy atom. The lowest BCUT2D eigenvalue weighted by Gasteiger charge is -2.39. The number of hydrogen-bond acceptors (Lipinski definition) is 5. The monoisotopic (exact) mass is 318 g/mol. The minimum atomic E-state index is -0.722. The Morgan fingerprint density at radius 2 is 2.17 bits per heavy atom. The highest BCUT2D eigenvalue weighted by Crippen LogP contribution is 2.40. The SMILES string of the molecule is CCCc1cc(N2CCC3(CC2)CNC(C(=O)O)C3)nc(C)n1. The molecule has 0 bridgehead atoms. The summed E-state index contributed by atoms with van der Waals surface area (Å²) in [7, 11) is 0. The van der Waals surface area contributed by atoms with Gasteiger partial charge < -0.3 is 15.3 Å². The Bertz CT molecular complexity index is 582. The minimum absolute atomic E-state index is 0.147. The van der Waals surface area contributed by atoms with Crippen LogP contribution in [0.3, 0.4) is 0 Å². The standard InChI is InChI=1S/C17H26N4O2/c1-3-4-13-9-15(20-12(2)19-13)21-7-5-17(6-8-21)10-14(16(22)23)18-11-17/h9,14,18H,3-8,10-11H2,1-2H3,(H,22,23). The number of carbonyl (C=O) groups is 1. The van der Waals surface area contributed by atoms with Crippen LogP contribution in [-0.4, -0.2) is 46.7 Å². The molecule has 2 fully saturated rings. The van der Waals surface area contributed by atoms with Crippen molar-refractivity contribution in [3.05, 3.63) is 17.6 Å². The highest BCUT2D eigenvalue weighted by molar-refractivity contribution is 5.74. The van der Waals surface area contributed by atoms with E-state index in [9.17, 15) is 9.90 Å². The van der Waals surface area contributed by atoms with Crippen LogP contribution in [0.4, 0.5) is 5.82 Å². The number of hydrogen-bond donors (Lipinski definition) is 2. The van der Waals surface area contributed by atoms with Crippen molar-refractivity contribution in [2.45, 2.75) is 52.0 Å². The second-order valence-electron chi connectivity index (χ2n) is 6.98. The maximum absolute atomic E-state index is 11.2. The van der Waals surface area contributed by atoms with Crippen LogP contribution in [0.1, 0.15) is 44.1 Å². The molecule has 0 aliphatic carbocycles. The van der Waals surface area contributed by atoms with Gasteiger partial charge in [-0.1, -0.05) is 13.3 Å². The van der Waals surface area contributed by atoms with Crippen LogP contribution in [0.25, 0.3) is 0 Å². The van der Waals surface area contributed by atoms with Crippen LogP contribution in [0.2, 0.25) is 0 Å². The Labute approximate surface area is 137 Å². The summed E-state index contributed by atoms with van der Waals surface area (Å²) < 4.78 is 0. The van der Waals surface area contributed by atoms with E-state index >= 15 is 0 Å². The third-order valence-electron chi connectivity index (χ3n) is 5.19. The van der Waals surface area contributed by atoms with Crippen LogP contribution in [0.15, 0.2) is 6.07 Å². The molecule has 2 N–H and O–H groups in total. The van der Waals surface area contributed by atoms with E-state index < -0.39 is 5.97 Å². The Morgan fingerprint density at radius 3 is 2.78 bits per heavy atom. The van der Waals surface area contributed by atoms with Crippen LogP contribution in [-0.2, 0) is 11.2 Å². The first-order chi connectivity index (χ1) is 11.0. The van der Waals surface area contributed by atoms with E-state index in [-0.39, 0.29) is 11.5 Å². The van der Waals surface area contributed by atoms with Gasteiger partial charge in [-0.05, 0) is 38.0 Å². The largest absolute Gasteiger partial charge is 0.480 e. The van der Waals surface area contributed by atoms with E-state index in [2.05, 4.69) is 33.2 Å². The number of aliphatic carboxylic acids is 1. The molecule has 2 saturated heterocycles. The Balaban J connectivity index is 1.66. The zero-order valence-electron chi connectivity index (χ0n) is 14.0. The molecule has 6 heteroatoms. The lowest BCUT2D eigenvalue weighted by atomic mass is 9.76. The van der Waals surface area contributed by atoms with E-state index in [0.717, 1.165) is 69.1 Å². The van der Waals surface area contributed by atoms with Gasteiger partial charge in [0.1, 0.15) is 17.7 Å². The number of carboxylic acid groups (broad SMARTS) is 1. The molecule has 1 aromatic heterocycles. The first-order valence-corrected chi connectivity index (χ1v) is 8.57. The topological polar surface area (TPSA) is 78.4 Å². The molecule has 0 amide bonds. The lowest BCUT2D eigenvalue weighted by Crippen LogP contribution is -2.41. The van der Waals surface area contributed by atoms with Gasteiger partial charge in [0.05, 0.1) is 0 Å². The van der Waals surface area contributed by atoms with Gasteiger partial charge in [0, 0.05) is 31.4 Å². The van der Waals surface area contributed by atoms with Gasteiger partial charge in [0.25, 0.3) is 0 Å². The summed E-state index contributed by atoms with van der Waals surface area (Å²) >= 11 is 0. The fourth-order valence-electron chi connectivity index (χ4n) is 3.84. The summed E-state index contributed by atoms with van der Waals surface area (Å²) in [5, 5.41) is 12.3. The smallest absolute Gasteiger partial charge is 0.320 e. The molecule has 3 heterocycles. The fourth-order valence-corrected chi connectivity index (χ4v) is 3.84. The first kappa shape index (κ1) is 16.2. The lowest BCUT2D eigenvalue weighted by molar-refractivity contribution is -0.139. The molecule has 0 saturated carbocycles. The second kappa shape index (κ2) is 6.43. The second-order valence-corrected chi connectivity index (χ2v) is 6.98. The summed E-state index contributed by atoms with van der Waals surface area (Å²) in [5.74, 6) is 1.14. The summed E-state index contributed by atoms with van der Waals surface area (Å²) in [6.45, 7) is 6.81. The van der Waals surface area contributed by atoms with Crippen LogP contribution in [0.5, 0.6) is 0 Å². The summed E-state index contributed by atoms with van der Waals surface area (Å²) in [5.41, 5.74) is 1.26. The van der Waals surface area contributed by atoms with Crippen LogP contribution >= 0.6 is 0 Å². The van der Waals surface area contributed by atoms with Crippen molar-refractivity contribution in [3.8, 4) is 0 Å². The minimum Gasteiger partial charge on any atom is -0.480 e. The quantitative estimate of drug-likeness (QED) is 0.881. The summed E-state index contributed by atoms with van der Waals surface area (Å²) in [6, 6.07) is 1.74. The molecule has 23 heavy (non-hydrogen) atoms. The molecule has 2 aliphatic rings. The Hall–Kier alpha value is -1.69. The van der Waals surface area contributed by atoms with E-state index in [4.69, 9.17) is 0 Å². The van der Waals surface area contributed by atoms with Crippen LogP contribution < -0.4 is 10.2 Å². The molecule has 126 valence electrons. The predicted molar refractivity (Wildman–Crippen MR) is 88.7 cm³/mol. The third kappa shape index (κ3) is 3.47. The van der Waals surface area contributed by atoms with Gasteiger partial charge in [-0.2, -0.15) is 0 Å². The number of anilines is 1. The number of rotatable bonds is 4.